The number of nitrogens with one attached hydrogen (secondary N) is 1. The van der Waals surface area contributed by atoms with Crippen molar-refractivity contribution < 1.29 is 4.74 Å². The Balaban J connectivity index is 1.82. The number of ether oxygens (including phenoxy) is 1. The van der Waals surface area contributed by atoms with Gasteiger partial charge < -0.3 is 10.1 Å². The molecule has 2 rings (SSSR count). The van der Waals surface area contributed by atoms with E-state index < -0.39 is 0 Å². The average Bonchev–Trinajstić information content (AvgIpc) is 2.70. The van der Waals surface area contributed by atoms with Gasteiger partial charge >= 0.3 is 0 Å². The van der Waals surface area contributed by atoms with E-state index in [1.807, 2.05) is 12.1 Å². The molecule has 4 heteroatoms. The maximum atomic E-state index is 5.50. The molecule has 0 saturated carbocycles. The molecule has 1 unspecified atom stereocenters. The van der Waals surface area contributed by atoms with Gasteiger partial charge in [0.2, 0.25) is 0 Å². The first kappa shape index (κ1) is 9.93. The number of pyridine rings is 1. The van der Waals surface area contributed by atoms with E-state index in [-0.39, 0.29) is 0 Å². The van der Waals surface area contributed by atoms with Crippen molar-refractivity contribution in [2.24, 2.45) is 0 Å². The lowest BCUT2D eigenvalue weighted by Crippen LogP contribution is -2.18. The minimum atomic E-state index is 0.362. The maximum absolute atomic E-state index is 5.50. The van der Waals surface area contributed by atoms with Crippen LogP contribution in [0.4, 0.5) is 5.82 Å². The normalized spacial score (nSPS) is 21.1. The average molecular weight is 257 g/mol. The Morgan fingerprint density at radius 2 is 2.50 bits per heavy atom. The zero-order chi connectivity index (χ0) is 9.80. The van der Waals surface area contributed by atoms with Crippen molar-refractivity contribution in [3.8, 4) is 0 Å². The van der Waals surface area contributed by atoms with E-state index in [0.29, 0.717) is 6.10 Å². The quantitative estimate of drug-likeness (QED) is 0.903. The molecule has 1 N–H and O–H groups in total. The largest absolute Gasteiger partial charge is 0.376 e. The monoisotopic (exact) mass is 256 g/mol. The molecule has 0 amide bonds. The van der Waals surface area contributed by atoms with Gasteiger partial charge in [-0.25, -0.2) is 4.98 Å². The highest BCUT2D eigenvalue weighted by Gasteiger charge is 2.14. The summed E-state index contributed by atoms with van der Waals surface area (Å²) in [7, 11) is 0. The number of hydrogen-bond acceptors (Lipinski definition) is 3. The SMILES string of the molecule is Brc1ccc(NCC2CCCO2)nc1. The molecule has 2 heterocycles. The van der Waals surface area contributed by atoms with E-state index in [1.54, 1.807) is 6.20 Å². The van der Waals surface area contributed by atoms with Crippen LogP contribution in [0.15, 0.2) is 22.8 Å². The van der Waals surface area contributed by atoms with Gasteiger partial charge in [-0.1, -0.05) is 0 Å². The molecule has 76 valence electrons. The number of halogens is 1. The van der Waals surface area contributed by atoms with Gasteiger partial charge in [0.1, 0.15) is 5.82 Å². The molecule has 1 saturated heterocycles. The summed E-state index contributed by atoms with van der Waals surface area (Å²) >= 11 is 3.35. The summed E-state index contributed by atoms with van der Waals surface area (Å²) in [4.78, 5) is 4.23. The van der Waals surface area contributed by atoms with Crippen molar-refractivity contribution in [1.82, 2.24) is 4.98 Å². The van der Waals surface area contributed by atoms with Crippen molar-refractivity contribution >= 4 is 21.7 Å². The minimum absolute atomic E-state index is 0.362. The highest BCUT2D eigenvalue weighted by Crippen LogP contribution is 2.14. The highest BCUT2D eigenvalue weighted by atomic mass is 79.9. The molecule has 0 radical (unpaired) electrons. The standard InChI is InChI=1S/C10H13BrN2O/c11-8-3-4-10(12-6-8)13-7-9-2-1-5-14-9/h3-4,6,9H,1-2,5,7H2,(H,12,13). The number of anilines is 1. The minimum Gasteiger partial charge on any atom is -0.376 e. The smallest absolute Gasteiger partial charge is 0.126 e. The second-order valence-electron chi connectivity index (χ2n) is 3.38. The van der Waals surface area contributed by atoms with Crippen molar-refractivity contribution in [2.45, 2.75) is 18.9 Å². The molecule has 0 bridgehead atoms. The van der Waals surface area contributed by atoms with Crippen molar-refractivity contribution in [3.63, 3.8) is 0 Å². The second kappa shape index (κ2) is 4.75. The maximum Gasteiger partial charge on any atom is 0.126 e. The molecule has 0 aliphatic carbocycles. The van der Waals surface area contributed by atoms with Crippen molar-refractivity contribution in [3.05, 3.63) is 22.8 Å². The third-order valence-corrected chi connectivity index (χ3v) is 2.73. The van der Waals surface area contributed by atoms with E-state index >= 15 is 0 Å². The van der Waals surface area contributed by atoms with E-state index in [9.17, 15) is 0 Å². The molecule has 3 nitrogen and oxygen atoms in total. The van der Waals surface area contributed by atoms with Crippen LogP contribution in [0.2, 0.25) is 0 Å². The molecule has 0 aromatic carbocycles. The van der Waals surface area contributed by atoms with Crippen molar-refractivity contribution in [1.29, 1.82) is 0 Å². The third kappa shape index (κ3) is 2.69. The van der Waals surface area contributed by atoms with Gasteiger partial charge in [-0.3, -0.25) is 0 Å². The van der Waals surface area contributed by atoms with Crippen LogP contribution < -0.4 is 5.32 Å². The highest BCUT2D eigenvalue weighted by molar-refractivity contribution is 9.10. The van der Waals surface area contributed by atoms with Gasteiger partial charge in [0.25, 0.3) is 0 Å². The fourth-order valence-electron chi connectivity index (χ4n) is 1.50. The van der Waals surface area contributed by atoms with Crippen LogP contribution in [0.25, 0.3) is 0 Å². The van der Waals surface area contributed by atoms with E-state index in [4.69, 9.17) is 4.74 Å². The molecule has 1 fully saturated rings. The van der Waals surface area contributed by atoms with Gasteiger partial charge in [-0.2, -0.15) is 0 Å². The summed E-state index contributed by atoms with van der Waals surface area (Å²) < 4.78 is 6.50. The molecule has 1 aliphatic heterocycles. The lowest BCUT2D eigenvalue weighted by molar-refractivity contribution is 0.120. The topological polar surface area (TPSA) is 34.1 Å². The predicted molar refractivity (Wildman–Crippen MR) is 59.4 cm³/mol. The zero-order valence-corrected chi connectivity index (χ0v) is 9.46. The summed E-state index contributed by atoms with van der Waals surface area (Å²) in [6.07, 6.45) is 4.49. The number of hydrogen-bond donors (Lipinski definition) is 1. The molecule has 1 aromatic rings. The van der Waals surface area contributed by atoms with Crippen LogP contribution >= 0.6 is 15.9 Å². The summed E-state index contributed by atoms with van der Waals surface area (Å²) in [6, 6.07) is 3.93. The number of aromatic nitrogens is 1. The summed E-state index contributed by atoms with van der Waals surface area (Å²) in [5.41, 5.74) is 0. The Kier molecular flexibility index (Phi) is 3.37. The predicted octanol–water partition coefficient (Wildman–Crippen LogP) is 2.44. The number of rotatable bonds is 3. The summed E-state index contributed by atoms with van der Waals surface area (Å²) in [5.74, 6) is 0.906. The fourth-order valence-corrected chi connectivity index (χ4v) is 1.74. The van der Waals surface area contributed by atoms with Gasteiger partial charge in [0.05, 0.1) is 6.10 Å². The Morgan fingerprint density at radius 3 is 3.14 bits per heavy atom. The lowest BCUT2D eigenvalue weighted by Gasteiger charge is -2.10. The Labute approximate surface area is 92.0 Å². The molecule has 14 heavy (non-hydrogen) atoms. The van der Waals surface area contributed by atoms with E-state index in [0.717, 1.165) is 29.9 Å². The number of nitrogens with zero attached hydrogens (tertiary/aromatic N) is 1. The fraction of sp³-hybridized carbons (Fsp3) is 0.500. The molecule has 1 aromatic heterocycles. The Morgan fingerprint density at radius 1 is 1.57 bits per heavy atom. The Bertz CT molecular complexity index is 283. The van der Waals surface area contributed by atoms with Crippen LogP contribution in [-0.4, -0.2) is 24.2 Å². The van der Waals surface area contributed by atoms with Gasteiger partial charge in [0, 0.05) is 23.8 Å². The Hall–Kier alpha value is -0.610. The first-order valence-electron chi connectivity index (χ1n) is 4.81. The van der Waals surface area contributed by atoms with Crippen LogP contribution in [0.1, 0.15) is 12.8 Å². The van der Waals surface area contributed by atoms with Gasteiger partial charge in [0.15, 0.2) is 0 Å². The molecule has 0 spiro atoms. The van der Waals surface area contributed by atoms with Crippen LogP contribution in [0.5, 0.6) is 0 Å². The van der Waals surface area contributed by atoms with E-state index in [1.165, 1.54) is 6.42 Å². The molecular formula is C10H13BrN2O. The van der Waals surface area contributed by atoms with Gasteiger partial charge in [-0.05, 0) is 40.9 Å². The molecular weight excluding hydrogens is 244 g/mol. The summed E-state index contributed by atoms with van der Waals surface area (Å²) in [5, 5.41) is 3.26. The summed E-state index contributed by atoms with van der Waals surface area (Å²) in [6.45, 7) is 1.76. The molecule has 1 aliphatic rings. The van der Waals surface area contributed by atoms with Crippen LogP contribution in [-0.2, 0) is 4.74 Å². The first-order chi connectivity index (χ1) is 6.84. The third-order valence-electron chi connectivity index (χ3n) is 2.26. The second-order valence-corrected chi connectivity index (χ2v) is 4.29. The van der Waals surface area contributed by atoms with Crippen LogP contribution in [0.3, 0.4) is 0 Å². The van der Waals surface area contributed by atoms with E-state index in [2.05, 4.69) is 26.2 Å². The van der Waals surface area contributed by atoms with Gasteiger partial charge in [-0.15, -0.1) is 0 Å². The molecule has 1 atom stereocenters. The first-order valence-corrected chi connectivity index (χ1v) is 5.61. The zero-order valence-electron chi connectivity index (χ0n) is 7.87. The van der Waals surface area contributed by atoms with Crippen molar-refractivity contribution in [2.75, 3.05) is 18.5 Å². The van der Waals surface area contributed by atoms with Crippen LogP contribution in [0, 0.1) is 0 Å². The lowest BCUT2D eigenvalue weighted by atomic mass is 10.2.